The van der Waals surface area contributed by atoms with Gasteiger partial charge in [-0.3, -0.25) is 9.69 Å². The number of carbonyl (C=O) groups is 2. The number of para-hydroxylation sites is 1. The number of esters is 1. The molecule has 0 aliphatic carbocycles. The number of piperazine rings is 1. The van der Waals surface area contributed by atoms with Crippen LogP contribution in [0.25, 0.3) is 0 Å². The first-order valence-corrected chi connectivity index (χ1v) is 9.98. The Morgan fingerprint density at radius 2 is 1.85 bits per heavy atom. The van der Waals surface area contributed by atoms with Crippen molar-refractivity contribution in [2.24, 2.45) is 0 Å². The zero-order valence-electron chi connectivity index (χ0n) is 15.7. The molecule has 1 fully saturated rings. The minimum atomic E-state index is -0.395. The van der Waals surface area contributed by atoms with E-state index in [1.54, 1.807) is 13.0 Å². The van der Waals surface area contributed by atoms with Crippen LogP contribution in [0.3, 0.4) is 0 Å². The number of nitrogens with one attached hydrogen (secondary N) is 1. The fourth-order valence-electron chi connectivity index (χ4n) is 3.14. The van der Waals surface area contributed by atoms with E-state index in [2.05, 4.69) is 27.2 Å². The Morgan fingerprint density at radius 1 is 1.15 bits per heavy atom. The number of hydrogen-bond acceptors (Lipinski definition) is 6. The highest BCUT2D eigenvalue weighted by molar-refractivity contribution is 7.16. The van der Waals surface area contributed by atoms with E-state index in [-0.39, 0.29) is 5.91 Å². The number of nitrogens with zero attached hydrogens (tertiary/aromatic N) is 2. The van der Waals surface area contributed by atoms with Crippen LogP contribution in [-0.4, -0.2) is 56.1 Å². The van der Waals surface area contributed by atoms with Crippen molar-refractivity contribution in [1.29, 1.82) is 0 Å². The third-order valence-electron chi connectivity index (χ3n) is 4.46. The van der Waals surface area contributed by atoms with Crippen molar-refractivity contribution in [3.63, 3.8) is 0 Å². The molecular weight excluding hydrogens is 362 g/mol. The van der Waals surface area contributed by atoms with Gasteiger partial charge in [0.1, 0.15) is 5.00 Å². The number of benzene rings is 1. The van der Waals surface area contributed by atoms with Crippen LogP contribution in [0, 0.1) is 6.92 Å². The average molecular weight is 388 g/mol. The quantitative estimate of drug-likeness (QED) is 0.772. The highest BCUT2D eigenvalue weighted by atomic mass is 32.1. The number of aryl methyl sites for hydroxylation is 1. The predicted molar refractivity (Wildman–Crippen MR) is 109 cm³/mol. The van der Waals surface area contributed by atoms with E-state index in [0.29, 0.717) is 23.7 Å². The Balaban J connectivity index is 1.53. The summed E-state index contributed by atoms with van der Waals surface area (Å²) in [6.45, 7) is 7.75. The van der Waals surface area contributed by atoms with E-state index in [9.17, 15) is 9.59 Å². The molecule has 0 atom stereocenters. The van der Waals surface area contributed by atoms with Crippen molar-refractivity contribution >= 4 is 33.9 Å². The molecule has 144 valence electrons. The van der Waals surface area contributed by atoms with Crippen LogP contribution in [0.4, 0.5) is 10.7 Å². The standard InChI is InChI=1S/C20H25N3O3S/c1-3-26-20(25)17-13-15(2)27-19(17)21-18(24)14-22-9-11-23(12-10-22)16-7-5-4-6-8-16/h4-8,13H,3,9-12,14H2,1-2H3,(H,21,24). The Labute approximate surface area is 163 Å². The van der Waals surface area contributed by atoms with E-state index in [4.69, 9.17) is 4.74 Å². The van der Waals surface area contributed by atoms with E-state index in [1.165, 1.54) is 17.0 Å². The van der Waals surface area contributed by atoms with Gasteiger partial charge in [0, 0.05) is 36.7 Å². The number of ether oxygens (including phenoxy) is 1. The Kier molecular flexibility index (Phi) is 6.47. The lowest BCUT2D eigenvalue weighted by Gasteiger charge is -2.35. The van der Waals surface area contributed by atoms with Gasteiger partial charge in [0.15, 0.2) is 0 Å². The molecule has 2 aromatic rings. The first-order valence-electron chi connectivity index (χ1n) is 9.16. The summed E-state index contributed by atoms with van der Waals surface area (Å²) < 4.78 is 5.07. The topological polar surface area (TPSA) is 61.9 Å². The minimum absolute atomic E-state index is 0.101. The normalized spacial score (nSPS) is 14.8. The fourth-order valence-corrected chi connectivity index (χ4v) is 4.06. The third-order valence-corrected chi connectivity index (χ3v) is 5.43. The molecule has 0 radical (unpaired) electrons. The molecule has 1 amide bonds. The second-order valence-corrected chi connectivity index (χ2v) is 7.72. The number of anilines is 2. The van der Waals surface area contributed by atoms with Crippen LogP contribution in [-0.2, 0) is 9.53 Å². The first-order chi connectivity index (χ1) is 13.1. The molecule has 1 aliphatic heterocycles. The molecule has 1 aliphatic rings. The largest absolute Gasteiger partial charge is 0.462 e. The van der Waals surface area contributed by atoms with Crippen molar-refractivity contribution < 1.29 is 14.3 Å². The number of amides is 1. The lowest BCUT2D eigenvalue weighted by Crippen LogP contribution is -2.48. The summed E-state index contributed by atoms with van der Waals surface area (Å²) in [6.07, 6.45) is 0. The van der Waals surface area contributed by atoms with E-state index in [1.807, 2.05) is 25.1 Å². The molecule has 0 unspecified atom stereocenters. The summed E-state index contributed by atoms with van der Waals surface area (Å²) in [6, 6.07) is 12.1. The van der Waals surface area contributed by atoms with Gasteiger partial charge in [-0.2, -0.15) is 0 Å². The van der Waals surface area contributed by atoms with Crippen molar-refractivity contribution in [1.82, 2.24) is 4.90 Å². The zero-order valence-corrected chi connectivity index (χ0v) is 16.6. The fraction of sp³-hybridized carbons (Fsp3) is 0.400. The zero-order chi connectivity index (χ0) is 19.2. The molecule has 1 N–H and O–H groups in total. The first kappa shape index (κ1) is 19.4. The second kappa shape index (κ2) is 9.01. The molecule has 2 heterocycles. The highest BCUT2D eigenvalue weighted by Crippen LogP contribution is 2.28. The molecule has 1 aromatic heterocycles. The van der Waals surface area contributed by atoms with Crippen molar-refractivity contribution in [3.8, 4) is 0 Å². The van der Waals surface area contributed by atoms with Gasteiger partial charge in [0.05, 0.1) is 18.7 Å². The summed E-state index contributed by atoms with van der Waals surface area (Å²) in [5.74, 6) is -0.496. The molecule has 27 heavy (non-hydrogen) atoms. The maximum Gasteiger partial charge on any atom is 0.341 e. The molecule has 0 spiro atoms. The van der Waals surface area contributed by atoms with Gasteiger partial charge in [-0.1, -0.05) is 18.2 Å². The van der Waals surface area contributed by atoms with Crippen molar-refractivity contribution in [2.45, 2.75) is 13.8 Å². The summed E-state index contributed by atoms with van der Waals surface area (Å²) in [5, 5.41) is 3.45. The van der Waals surface area contributed by atoms with E-state index >= 15 is 0 Å². The van der Waals surface area contributed by atoms with Crippen LogP contribution in [0.1, 0.15) is 22.2 Å². The Morgan fingerprint density at radius 3 is 2.52 bits per heavy atom. The minimum Gasteiger partial charge on any atom is -0.462 e. The van der Waals surface area contributed by atoms with Gasteiger partial charge in [0.2, 0.25) is 5.91 Å². The van der Waals surface area contributed by atoms with Gasteiger partial charge in [0.25, 0.3) is 0 Å². The number of hydrogen-bond donors (Lipinski definition) is 1. The predicted octanol–water partition coefficient (Wildman–Crippen LogP) is 2.99. The van der Waals surface area contributed by atoms with Crippen LogP contribution in [0.2, 0.25) is 0 Å². The maximum absolute atomic E-state index is 12.5. The lowest BCUT2D eigenvalue weighted by atomic mass is 10.2. The smallest absolute Gasteiger partial charge is 0.341 e. The van der Waals surface area contributed by atoms with E-state index in [0.717, 1.165) is 31.1 Å². The lowest BCUT2D eigenvalue weighted by molar-refractivity contribution is -0.117. The van der Waals surface area contributed by atoms with Crippen molar-refractivity contribution in [3.05, 3.63) is 46.8 Å². The van der Waals surface area contributed by atoms with Crippen LogP contribution >= 0.6 is 11.3 Å². The van der Waals surface area contributed by atoms with Gasteiger partial charge >= 0.3 is 5.97 Å². The molecular formula is C20H25N3O3S. The highest BCUT2D eigenvalue weighted by Gasteiger charge is 2.21. The molecule has 1 saturated heterocycles. The maximum atomic E-state index is 12.5. The van der Waals surface area contributed by atoms with Gasteiger partial charge in [-0.25, -0.2) is 4.79 Å². The van der Waals surface area contributed by atoms with Gasteiger partial charge < -0.3 is 15.0 Å². The summed E-state index contributed by atoms with van der Waals surface area (Å²) in [7, 11) is 0. The number of thiophene rings is 1. The summed E-state index contributed by atoms with van der Waals surface area (Å²) >= 11 is 1.40. The monoisotopic (exact) mass is 387 g/mol. The molecule has 0 saturated carbocycles. The van der Waals surface area contributed by atoms with Gasteiger partial charge in [-0.15, -0.1) is 11.3 Å². The second-order valence-electron chi connectivity index (χ2n) is 6.47. The van der Waals surface area contributed by atoms with Gasteiger partial charge in [-0.05, 0) is 32.0 Å². The average Bonchev–Trinajstić information content (AvgIpc) is 3.03. The summed E-state index contributed by atoms with van der Waals surface area (Å²) in [4.78, 5) is 29.9. The van der Waals surface area contributed by atoms with Crippen LogP contribution < -0.4 is 10.2 Å². The molecule has 1 aromatic carbocycles. The van der Waals surface area contributed by atoms with Crippen molar-refractivity contribution in [2.75, 3.05) is 49.5 Å². The third kappa shape index (κ3) is 5.08. The van der Waals surface area contributed by atoms with Crippen LogP contribution in [0.5, 0.6) is 0 Å². The molecule has 0 bridgehead atoms. The Bertz CT molecular complexity index is 783. The molecule has 6 nitrogen and oxygen atoms in total. The summed E-state index contributed by atoms with van der Waals surface area (Å²) in [5.41, 5.74) is 1.65. The number of rotatable bonds is 6. The number of carbonyl (C=O) groups excluding carboxylic acids is 2. The Hall–Kier alpha value is -2.38. The SMILES string of the molecule is CCOC(=O)c1cc(C)sc1NC(=O)CN1CCN(c2ccccc2)CC1. The molecule has 7 heteroatoms. The molecule has 3 rings (SSSR count). The van der Waals surface area contributed by atoms with E-state index < -0.39 is 5.97 Å². The van der Waals surface area contributed by atoms with Crippen LogP contribution in [0.15, 0.2) is 36.4 Å².